The summed E-state index contributed by atoms with van der Waals surface area (Å²) in [5.41, 5.74) is -0.102. The molecule has 41 heavy (non-hydrogen) atoms. The molecule has 5 rings (SSSR count). The molecule has 2 aromatic heterocycles. The van der Waals surface area contributed by atoms with Crippen LogP contribution < -0.4 is 20.9 Å². The van der Waals surface area contributed by atoms with Gasteiger partial charge in [-0.3, -0.25) is 14.1 Å². The van der Waals surface area contributed by atoms with Crippen LogP contribution in [0.2, 0.25) is 0 Å². The topological polar surface area (TPSA) is 118 Å². The standard InChI is InChI=1S/C28H29F3N6O3S/c1-15(2)37-26-17(12-33-28(35-26)34-19-11-18(29)13-32-14-19)9-22(27(37)38)16-7-8-20(23(30)10-16)21-5-4-6-24(25(21)31)36-41(3,39)40/h4-10,12,15,18-19,32,36H,11,13-14H2,1-3H3,(H,33,34,35)/t18-,19-/m0/s1. The van der Waals surface area contributed by atoms with E-state index in [1.165, 1.54) is 34.9 Å². The molecule has 9 nitrogen and oxygen atoms in total. The van der Waals surface area contributed by atoms with Gasteiger partial charge >= 0.3 is 0 Å². The van der Waals surface area contributed by atoms with Gasteiger partial charge in [-0.2, -0.15) is 4.98 Å². The minimum atomic E-state index is -3.75. The number of fused-ring (bicyclic) bond motifs is 1. The van der Waals surface area contributed by atoms with Crippen molar-refractivity contribution < 1.29 is 21.6 Å². The Morgan fingerprint density at radius 2 is 1.85 bits per heavy atom. The first-order valence-corrected chi connectivity index (χ1v) is 14.9. The molecule has 4 aromatic rings. The highest BCUT2D eigenvalue weighted by Gasteiger charge is 2.23. The molecular formula is C28H29F3N6O3S. The van der Waals surface area contributed by atoms with Crippen LogP contribution >= 0.6 is 0 Å². The average molecular weight is 587 g/mol. The van der Waals surface area contributed by atoms with E-state index >= 15 is 8.78 Å². The number of alkyl halides is 1. The normalized spacial score (nSPS) is 17.6. The monoisotopic (exact) mass is 586 g/mol. The summed E-state index contributed by atoms with van der Waals surface area (Å²) in [6, 6.07) is 9.04. The van der Waals surface area contributed by atoms with Crippen LogP contribution in [0.4, 0.5) is 24.8 Å². The Hall–Kier alpha value is -3.97. The molecule has 2 aromatic carbocycles. The van der Waals surface area contributed by atoms with Gasteiger partial charge in [-0.15, -0.1) is 0 Å². The Morgan fingerprint density at radius 1 is 1.07 bits per heavy atom. The zero-order valence-corrected chi connectivity index (χ0v) is 23.4. The first-order chi connectivity index (χ1) is 19.4. The van der Waals surface area contributed by atoms with Crippen LogP contribution in [0.15, 0.2) is 53.5 Å². The summed E-state index contributed by atoms with van der Waals surface area (Å²) in [6.07, 6.45) is 1.78. The van der Waals surface area contributed by atoms with Crippen LogP contribution in [-0.4, -0.2) is 54.5 Å². The van der Waals surface area contributed by atoms with Crippen LogP contribution in [0.25, 0.3) is 33.3 Å². The van der Waals surface area contributed by atoms with Crippen molar-refractivity contribution >= 4 is 32.7 Å². The maximum Gasteiger partial charge on any atom is 0.260 e. The number of piperidine rings is 1. The van der Waals surface area contributed by atoms with Crippen molar-refractivity contribution in [3.8, 4) is 22.3 Å². The van der Waals surface area contributed by atoms with E-state index in [-0.39, 0.29) is 46.0 Å². The van der Waals surface area contributed by atoms with E-state index in [0.29, 0.717) is 30.5 Å². The SMILES string of the molecule is CC(C)n1c(=O)c(-c2ccc(-c3cccc(NS(C)(=O)=O)c3F)c(F)c2)cc2cnc(N[C@@H]3CNC[C@@H](F)C3)nc21. The summed E-state index contributed by atoms with van der Waals surface area (Å²) in [4.78, 5) is 22.5. The molecule has 0 amide bonds. The number of nitrogens with zero attached hydrogens (tertiary/aromatic N) is 3. The molecule has 1 aliphatic rings. The van der Waals surface area contributed by atoms with Crippen molar-refractivity contribution in [3.05, 3.63) is 70.6 Å². The first-order valence-electron chi connectivity index (χ1n) is 13.0. The lowest BCUT2D eigenvalue weighted by Crippen LogP contribution is -2.44. The predicted molar refractivity (Wildman–Crippen MR) is 153 cm³/mol. The van der Waals surface area contributed by atoms with Gasteiger partial charge in [-0.05, 0) is 37.6 Å². The Morgan fingerprint density at radius 3 is 2.54 bits per heavy atom. The molecular weight excluding hydrogens is 557 g/mol. The molecule has 216 valence electrons. The maximum absolute atomic E-state index is 15.4. The third-order valence-corrected chi connectivity index (χ3v) is 7.37. The summed E-state index contributed by atoms with van der Waals surface area (Å²) >= 11 is 0. The van der Waals surface area contributed by atoms with Gasteiger partial charge in [-0.25, -0.2) is 26.6 Å². The Kier molecular flexibility index (Phi) is 7.75. The van der Waals surface area contributed by atoms with E-state index in [9.17, 15) is 17.6 Å². The summed E-state index contributed by atoms with van der Waals surface area (Å²) in [7, 11) is -3.75. The minimum absolute atomic E-state index is 0.0971. The Labute approximate surface area is 234 Å². The smallest absolute Gasteiger partial charge is 0.260 e. The molecule has 0 spiro atoms. The van der Waals surface area contributed by atoms with Crippen LogP contribution in [0.3, 0.4) is 0 Å². The highest BCUT2D eigenvalue weighted by atomic mass is 32.2. The van der Waals surface area contributed by atoms with Crippen molar-refractivity contribution in [2.75, 3.05) is 29.4 Å². The fourth-order valence-corrected chi connectivity index (χ4v) is 5.53. The summed E-state index contributed by atoms with van der Waals surface area (Å²) in [5.74, 6) is -1.45. The van der Waals surface area contributed by atoms with E-state index in [1.807, 2.05) is 13.8 Å². The Bertz CT molecular complexity index is 1800. The summed E-state index contributed by atoms with van der Waals surface area (Å²) in [5, 5.41) is 6.68. The second-order valence-electron chi connectivity index (χ2n) is 10.4. The van der Waals surface area contributed by atoms with Crippen LogP contribution in [0.5, 0.6) is 0 Å². The van der Waals surface area contributed by atoms with Crippen molar-refractivity contribution in [2.45, 2.75) is 38.5 Å². The molecule has 0 bridgehead atoms. The second-order valence-corrected chi connectivity index (χ2v) is 12.1. The summed E-state index contributed by atoms with van der Waals surface area (Å²) in [6.45, 7) is 4.50. The average Bonchev–Trinajstić information content (AvgIpc) is 2.89. The highest BCUT2D eigenvalue weighted by molar-refractivity contribution is 7.92. The molecule has 0 saturated carbocycles. The lowest BCUT2D eigenvalue weighted by molar-refractivity contribution is 0.254. The third-order valence-electron chi connectivity index (χ3n) is 6.78. The van der Waals surface area contributed by atoms with Gasteiger partial charge in [0.1, 0.15) is 17.6 Å². The third kappa shape index (κ3) is 6.05. The quantitative estimate of drug-likeness (QED) is 0.293. The Balaban J connectivity index is 1.54. The molecule has 1 aliphatic heterocycles. The number of hydrogen-bond donors (Lipinski definition) is 3. The van der Waals surface area contributed by atoms with E-state index in [2.05, 4.69) is 25.3 Å². The zero-order chi connectivity index (χ0) is 29.5. The lowest BCUT2D eigenvalue weighted by Gasteiger charge is -2.26. The molecule has 1 fully saturated rings. The van der Waals surface area contributed by atoms with Gasteiger partial charge in [0, 0.05) is 59.9 Å². The van der Waals surface area contributed by atoms with Gasteiger partial charge in [0.2, 0.25) is 16.0 Å². The molecule has 3 N–H and O–H groups in total. The van der Waals surface area contributed by atoms with E-state index < -0.39 is 33.4 Å². The minimum Gasteiger partial charge on any atom is -0.350 e. The number of pyridine rings is 1. The number of anilines is 2. The lowest BCUT2D eigenvalue weighted by atomic mass is 9.99. The van der Waals surface area contributed by atoms with Crippen LogP contribution in [0.1, 0.15) is 26.3 Å². The highest BCUT2D eigenvalue weighted by Crippen LogP contribution is 2.33. The van der Waals surface area contributed by atoms with Crippen molar-refractivity contribution in [1.82, 2.24) is 19.9 Å². The largest absolute Gasteiger partial charge is 0.350 e. The van der Waals surface area contributed by atoms with Crippen molar-refractivity contribution in [1.29, 1.82) is 0 Å². The van der Waals surface area contributed by atoms with Gasteiger partial charge in [0.25, 0.3) is 5.56 Å². The van der Waals surface area contributed by atoms with Gasteiger partial charge in [0.05, 0.1) is 11.9 Å². The zero-order valence-electron chi connectivity index (χ0n) is 22.6. The number of rotatable bonds is 7. The molecule has 1 saturated heterocycles. The fraction of sp³-hybridized carbons (Fsp3) is 0.321. The number of sulfonamides is 1. The number of nitrogens with one attached hydrogen (secondary N) is 3. The fourth-order valence-electron chi connectivity index (χ4n) is 4.98. The number of halogens is 3. The van der Waals surface area contributed by atoms with E-state index in [4.69, 9.17) is 0 Å². The first kappa shape index (κ1) is 28.6. The number of aromatic nitrogens is 3. The second kappa shape index (κ2) is 11.1. The predicted octanol–water partition coefficient (Wildman–Crippen LogP) is 4.47. The van der Waals surface area contributed by atoms with Crippen molar-refractivity contribution in [2.24, 2.45) is 0 Å². The van der Waals surface area contributed by atoms with Gasteiger partial charge in [0.15, 0.2) is 5.82 Å². The van der Waals surface area contributed by atoms with E-state index in [1.54, 1.807) is 12.3 Å². The molecule has 3 heterocycles. The van der Waals surface area contributed by atoms with Crippen molar-refractivity contribution in [3.63, 3.8) is 0 Å². The van der Waals surface area contributed by atoms with E-state index in [0.717, 1.165) is 12.3 Å². The molecule has 0 aliphatic carbocycles. The van der Waals surface area contributed by atoms with Crippen LogP contribution in [0, 0.1) is 11.6 Å². The molecule has 0 radical (unpaired) electrons. The molecule has 0 unspecified atom stereocenters. The van der Waals surface area contributed by atoms with Crippen LogP contribution in [-0.2, 0) is 10.0 Å². The molecule has 2 atom stereocenters. The number of hydrogen-bond acceptors (Lipinski definition) is 7. The molecule has 13 heteroatoms. The van der Waals surface area contributed by atoms with Gasteiger partial charge < -0.3 is 10.6 Å². The maximum atomic E-state index is 15.4. The summed E-state index contributed by atoms with van der Waals surface area (Å²) < 4.78 is 71.0. The van der Waals surface area contributed by atoms with Gasteiger partial charge in [-0.1, -0.05) is 24.3 Å². The number of benzene rings is 2.